The van der Waals surface area contributed by atoms with Crippen LogP contribution < -0.4 is 4.90 Å². The number of nitriles is 1. The van der Waals surface area contributed by atoms with E-state index in [1.807, 2.05) is 30.3 Å². The van der Waals surface area contributed by atoms with E-state index in [1.54, 1.807) is 0 Å². The number of thiazole rings is 1. The summed E-state index contributed by atoms with van der Waals surface area (Å²) >= 11 is 7.38. The van der Waals surface area contributed by atoms with E-state index in [-0.39, 0.29) is 28.4 Å². The van der Waals surface area contributed by atoms with Gasteiger partial charge < -0.3 is 10.0 Å². The number of carbonyl (C=O) groups excluding carboxylic acids is 2. The summed E-state index contributed by atoms with van der Waals surface area (Å²) in [5, 5.41) is 27.3. The third kappa shape index (κ3) is 5.22. The average Bonchev–Trinajstić information content (AvgIpc) is 3.19. The summed E-state index contributed by atoms with van der Waals surface area (Å²) in [4.78, 5) is 32.9. The largest absolute Gasteiger partial charge is 0.395 e. The molecule has 0 atom stereocenters. The van der Waals surface area contributed by atoms with Gasteiger partial charge in [0, 0.05) is 24.4 Å². The number of nitrogens with zero attached hydrogens (tertiary/aromatic N) is 6. The second-order valence-corrected chi connectivity index (χ2v) is 8.56. The number of amides is 2. The van der Waals surface area contributed by atoms with Gasteiger partial charge in [-0.1, -0.05) is 22.9 Å². The van der Waals surface area contributed by atoms with E-state index in [0.717, 1.165) is 35.0 Å². The number of halogens is 1. The molecule has 1 aliphatic rings. The van der Waals surface area contributed by atoms with Crippen LogP contribution in [0, 0.1) is 11.3 Å². The first-order valence-corrected chi connectivity index (χ1v) is 11.8. The van der Waals surface area contributed by atoms with Crippen LogP contribution in [0.25, 0.3) is 6.08 Å². The zero-order chi connectivity index (χ0) is 24.8. The Balaban J connectivity index is 1.88. The van der Waals surface area contributed by atoms with Crippen molar-refractivity contribution in [3.05, 3.63) is 51.0 Å². The van der Waals surface area contributed by atoms with Gasteiger partial charge in [-0.2, -0.15) is 5.26 Å². The quantitative estimate of drug-likeness (QED) is 0.321. The lowest BCUT2D eigenvalue weighted by Crippen LogP contribution is -2.44. The predicted molar refractivity (Wildman–Crippen MR) is 131 cm³/mol. The van der Waals surface area contributed by atoms with E-state index < -0.39 is 18.4 Å². The van der Waals surface area contributed by atoms with Gasteiger partial charge in [0.1, 0.15) is 16.8 Å². The Kier molecular flexibility index (Phi) is 8.28. The first-order valence-electron chi connectivity index (χ1n) is 10.6. The van der Waals surface area contributed by atoms with Gasteiger partial charge in [-0.05, 0) is 56.7 Å². The molecule has 2 heterocycles. The van der Waals surface area contributed by atoms with E-state index >= 15 is 0 Å². The van der Waals surface area contributed by atoms with E-state index in [1.165, 1.54) is 13.0 Å². The van der Waals surface area contributed by atoms with Gasteiger partial charge in [-0.15, -0.1) is 10.2 Å². The van der Waals surface area contributed by atoms with Crippen molar-refractivity contribution in [1.29, 1.82) is 5.26 Å². The first kappa shape index (κ1) is 25.2. The topological polar surface area (TPSA) is 122 Å². The van der Waals surface area contributed by atoms with Crippen LogP contribution in [0.5, 0.6) is 0 Å². The molecule has 2 amide bonds. The highest BCUT2D eigenvalue weighted by Crippen LogP contribution is 2.35. The number of benzene rings is 1. The average molecular weight is 499 g/mol. The van der Waals surface area contributed by atoms with Crippen LogP contribution in [0.4, 0.5) is 16.5 Å². The summed E-state index contributed by atoms with van der Waals surface area (Å²) in [5.74, 6) is -1.34. The van der Waals surface area contributed by atoms with Crippen LogP contribution in [0.2, 0.25) is 5.15 Å². The maximum absolute atomic E-state index is 12.8. The van der Waals surface area contributed by atoms with Crippen molar-refractivity contribution in [2.75, 3.05) is 31.1 Å². The second-order valence-electron chi connectivity index (χ2n) is 7.20. The summed E-state index contributed by atoms with van der Waals surface area (Å²) in [6.07, 6.45) is 1.48. The third-order valence-electron chi connectivity index (χ3n) is 5.25. The maximum Gasteiger partial charge on any atom is 0.271 e. The molecule has 0 bridgehead atoms. The zero-order valence-corrected chi connectivity index (χ0v) is 20.5. The summed E-state index contributed by atoms with van der Waals surface area (Å²) in [5.41, 5.74) is 1.97. The summed E-state index contributed by atoms with van der Waals surface area (Å²) in [6, 6.07) is 9.51. The first-order chi connectivity index (χ1) is 16.3. The van der Waals surface area contributed by atoms with Crippen LogP contribution in [-0.4, -0.2) is 53.0 Å². The highest BCUT2D eigenvalue weighted by Gasteiger charge is 2.35. The van der Waals surface area contributed by atoms with Crippen LogP contribution in [0.15, 0.2) is 51.2 Å². The SMILES string of the molecule is CCN(CC)c1ccc(N=Nc2nc(Cl)c(/C=C3/C(=O)N(CCO)C(=O)C(C#N)=C3C)s2)cc1. The molecule has 176 valence electrons. The van der Waals surface area contributed by atoms with Gasteiger partial charge in [-0.25, -0.2) is 4.98 Å². The van der Waals surface area contributed by atoms with Gasteiger partial charge in [0.2, 0.25) is 5.13 Å². The highest BCUT2D eigenvalue weighted by molar-refractivity contribution is 7.16. The van der Waals surface area contributed by atoms with Crippen LogP contribution in [-0.2, 0) is 9.59 Å². The minimum absolute atomic E-state index is 0.119. The van der Waals surface area contributed by atoms with Crippen molar-refractivity contribution in [2.24, 2.45) is 10.2 Å². The summed E-state index contributed by atoms with van der Waals surface area (Å²) < 4.78 is 0. The van der Waals surface area contributed by atoms with Crippen LogP contribution >= 0.6 is 22.9 Å². The minimum atomic E-state index is -0.729. The Morgan fingerprint density at radius 3 is 2.47 bits per heavy atom. The highest BCUT2D eigenvalue weighted by atomic mass is 35.5. The molecule has 0 unspecified atom stereocenters. The molecule has 1 N–H and O–H groups in total. The molecule has 1 aliphatic heterocycles. The number of carbonyl (C=O) groups is 2. The fourth-order valence-electron chi connectivity index (χ4n) is 3.42. The number of aromatic nitrogens is 1. The van der Waals surface area contributed by atoms with Crippen LogP contribution in [0.1, 0.15) is 25.6 Å². The normalized spacial score (nSPS) is 15.5. The molecule has 1 aromatic carbocycles. The fourth-order valence-corrected chi connectivity index (χ4v) is 4.44. The Morgan fingerprint density at radius 1 is 1.21 bits per heavy atom. The van der Waals surface area contributed by atoms with Crippen molar-refractivity contribution < 1.29 is 14.7 Å². The molecule has 0 saturated heterocycles. The maximum atomic E-state index is 12.8. The van der Waals surface area contributed by atoms with E-state index in [2.05, 4.69) is 34.0 Å². The van der Waals surface area contributed by atoms with E-state index in [0.29, 0.717) is 15.7 Å². The summed E-state index contributed by atoms with van der Waals surface area (Å²) in [6.45, 7) is 6.90. The monoisotopic (exact) mass is 498 g/mol. The van der Waals surface area contributed by atoms with Crippen molar-refractivity contribution in [1.82, 2.24) is 9.88 Å². The molecule has 9 nitrogen and oxygen atoms in total. The number of β-amino-alcohol motifs (C(OH)–C–C–N with tert-alkyl or cyclic N) is 1. The van der Waals surface area contributed by atoms with E-state index in [4.69, 9.17) is 11.6 Å². The van der Waals surface area contributed by atoms with Gasteiger partial charge >= 0.3 is 0 Å². The van der Waals surface area contributed by atoms with Crippen molar-refractivity contribution >= 4 is 57.3 Å². The molecule has 11 heteroatoms. The third-order valence-corrected chi connectivity index (χ3v) is 6.54. The molecule has 0 radical (unpaired) electrons. The lowest BCUT2D eigenvalue weighted by atomic mass is 9.95. The second kappa shape index (κ2) is 11.2. The molecule has 34 heavy (non-hydrogen) atoms. The standard InChI is InChI=1S/C23H23ClN6O3S/c1-4-29(5-2)16-8-6-15(7-9-16)27-28-23-26-20(24)19(34-23)12-17-14(3)18(13-25)22(33)30(10-11-31)21(17)32/h6-9,12,31H,4-5,10-11H2,1-3H3/b17-12+,28-27?. The van der Waals surface area contributed by atoms with Gasteiger partial charge in [0.25, 0.3) is 11.8 Å². The van der Waals surface area contributed by atoms with Crippen LogP contribution in [0.3, 0.4) is 0 Å². The number of rotatable bonds is 8. The smallest absolute Gasteiger partial charge is 0.271 e. The zero-order valence-electron chi connectivity index (χ0n) is 18.9. The lowest BCUT2D eigenvalue weighted by Gasteiger charge is -2.26. The number of aliphatic hydroxyl groups excluding tert-OH is 1. The lowest BCUT2D eigenvalue weighted by molar-refractivity contribution is -0.140. The molecule has 2 aromatic rings. The number of anilines is 1. The number of azo groups is 1. The summed E-state index contributed by atoms with van der Waals surface area (Å²) in [7, 11) is 0. The Labute approximate surface area is 206 Å². The number of imide groups is 1. The molecule has 0 fully saturated rings. The fraction of sp³-hybridized carbons (Fsp3) is 0.304. The van der Waals surface area contributed by atoms with Crippen molar-refractivity contribution in [2.45, 2.75) is 20.8 Å². The minimum Gasteiger partial charge on any atom is -0.395 e. The van der Waals surface area contributed by atoms with E-state index in [9.17, 15) is 20.0 Å². The Bertz CT molecular complexity index is 1220. The number of hydrogen-bond donors (Lipinski definition) is 1. The van der Waals surface area contributed by atoms with Gasteiger partial charge in [-0.3, -0.25) is 14.5 Å². The molecular weight excluding hydrogens is 476 g/mol. The number of aliphatic hydroxyl groups is 1. The van der Waals surface area contributed by atoms with Crippen molar-refractivity contribution in [3.8, 4) is 6.07 Å². The Morgan fingerprint density at radius 2 is 1.88 bits per heavy atom. The Hall–Kier alpha value is -3.39. The molecule has 1 aromatic heterocycles. The molecule has 3 rings (SSSR count). The molecule has 0 spiro atoms. The van der Waals surface area contributed by atoms with Gasteiger partial charge in [0.05, 0.1) is 23.7 Å². The predicted octanol–water partition coefficient (Wildman–Crippen LogP) is 4.64. The number of hydrogen-bond acceptors (Lipinski definition) is 9. The van der Waals surface area contributed by atoms with Crippen molar-refractivity contribution in [3.63, 3.8) is 0 Å². The molecule has 0 aliphatic carbocycles. The van der Waals surface area contributed by atoms with Gasteiger partial charge in [0.15, 0.2) is 0 Å². The molecular formula is C23H23ClN6O3S. The molecule has 0 saturated carbocycles.